The van der Waals surface area contributed by atoms with Crippen LogP contribution in [0, 0.1) is 23.7 Å². The second kappa shape index (κ2) is 6.99. The highest BCUT2D eigenvalue weighted by Crippen LogP contribution is 2.56. The van der Waals surface area contributed by atoms with Crippen molar-refractivity contribution in [1.29, 1.82) is 0 Å². The van der Waals surface area contributed by atoms with Gasteiger partial charge in [-0.2, -0.15) is 0 Å². The van der Waals surface area contributed by atoms with Crippen LogP contribution >= 0.6 is 0 Å². The van der Waals surface area contributed by atoms with E-state index in [1.54, 1.807) is 4.90 Å². The number of imide groups is 1. The molecule has 5 rings (SSSR count). The smallest absolute Gasteiger partial charge is 0.246 e. The van der Waals surface area contributed by atoms with E-state index < -0.39 is 6.04 Å². The molecule has 4 fully saturated rings. The Labute approximate surface area is 164 Å². The number of amides is 3. The molecule has 0 spiro atoms. The summed E-state index contributed by atoms with van der Waals surface area (Å²) in [7, 11) is 0. The molecule has 6 nitrogen and oxygen atoms in total. The van der Waals surface area contributed by atoms with E-state index in [0.29, 0.717) is 44.6 Å². The predicted octanol–water partition coefficient (Wildman–Crippen LogP) is 1.49. The van der Waals surface area contributed by atoms with E-state index in [0.717, 1.165) is 24.8 Å². The van der Waals surface area contributed by atoms with Gasteiger partial charge in [-0.25, -0.2) is 0 Å². The molecule has 2 heterocycles. The zero-order chi connectivity index (χ0) is 19.3. The summed E-state index contributed by atoms with van der Waals surface area (Å²) in [6, 6.07) is 8.94. The normalized spacial score (nSPS) is 32.7. The SMILES string of the molecule is O=C([C@H](Cc1ccccc1)N1C(=O)[C@@H]2[C@@H]3CC[C@@H](C3)[C@@H]2C1=O)N1CCOCC1. The van der Waals surface area contributed by atoms with E-state index in [9.17, 15) is 14.4 Å². The highest BCUT2D eigenvalue weighted by atomic mass is 16.5. The molecule has 2 aliphatic carbocycles. The second-order valence-corrected chi connectivity index (χ2v) is 8.57. The van der Waals surface area contributed by atoms with Crippen LogP contribution in [-0.2, 0) is 25.5 Å². The molecule has 148 valence electrons. The summed E-state index contributed by atoms with van der Waals surface area (Å²) >= 11 is 0. The number of hydrogen-bond acceptors (Lipinski definition) is 4. The first-order chi connectivity index (χ1) is 13.6. The molecule has 6 heteroatoms. The Morgan fingerprint density at radius 1 is 1.00 bits per heavy atom. The molecule has 3 amide bonds. The largest absolute Gasteiger partial charge is 0.378 e. The van der Waals surface area contributed by atoms with Crippen molar-refractivity contribution in [3.8, 4) is 0 Å². The number of nitrogens with zero attached hydrogens (tertiary/aromatic N) is 2. The van der Waals surface area contributed by atoms with Crippen LogP contribution in [0.1, 0.15) is 24.8 Å². The van der Waals surface area contributed by atoms with E-state index in [2.05, 4.69) is 0 Å². The molecule has 4 aliphatic rings. The van der Waals surface area contributed by atoms with E-state index in [4.69, 9.17) is 4.74 Å². The van der Waals surface area contributed by atoms with Crippen LogP contribution in [0.15, 0.2) is 30.3 Å². The molecule has 1 aromatic rings. The summed E-state index contributed by atoms with van der Waals surface area (Å²) in [6.45, 7) is 2.03. The molecule has 2 aliphatic heterocycles. The number of rotatable bonds is 4. The Morgan fingerprint density at radius 2 is 1.61 bits per heavy atom. The lowest BCUT2D eigenvalue weighted by Gasteiger charge is -2.34. The number of ether oxygens (including phenoxy) is 1. The maximum atomic E-state index is 13.4. The first-order valence-corrected chi connectivity index (χ1v) is 10.4. The van der Waals surface area contributed by atoms with E-state index in [1.807, 2.05) is 30.3 Å². The maximum Gasteiger partial charge on any atom is 0.246 e. The minimum absolute atomic E-state index is 0.107. The lowest BCUT2D eigenvalue weighted by Crippen LogP contribution is -2.55. The van der Waals surface area contributed by atoms with Gasteiger partial charge in [0.2, 0.25) is 17.7 Å². The molecule has 2 bridgehead atoms. The third-order valence-electron chi connectivity index (χ3n) is 7.15. The third kappa shape index (κ3) is 2.77. The fourth-order valence-electron chi connectivity index (χ4n) is 5.86. The minimum atomic E-state index is -0.745. The first-order valence-electron chi connectivity index (χ1n) is 10.4. The molecule has 0 unspecified atom stereocenters. The van der Waals surface area contributed by atoms with Crippen molar-refractivity contribution in [2.45, 2.75) is 31.7 Å². The monoisotopic (exact) mass is 382 g/mol. The van der Waals surface area contributed by atoms with Gasteiger partial charge >= 0.3 is 0 Å². The molecule has 0 N–H and O–H groups in total. The Kier molecular flexibility index (Phi) is 4.46. The van der Waals surface area contributed by atoms with Crippen LogP contribution in [0.3, 0.4) is 0 Å². The molecule has 1 aromatic carbocycles. The number of morpholine rings is 1. The lowest BCUT2D eigenvalue weighted by molar-refractivity contribution is -0.154. The number of carbonyl (C=O) groups is 3. The highest BCUT2D eigenvalue weighted by molar-refractivity contribution is 6.09. The first kappa shape index (κ1) is 17.9. The zero-order valence-corrected chi connectivity index (χ0v) is 16.0. The van der Waals surface area contributed by atoms with Crippen molar-refractivity contribution in [1.82, 2.24) is 9.80 Å². The van der Waals surface area contributed by atoms with E-state index in [-0.39, 0.29) is 29.6 Å². The minimum Gasteiger partial charge on any atom is -0.378 e. The van der Waals surface area contributed by atoms with Crippen molar-refractivity contribution in [3.05, 3.63) is 35.9 Å². The Bertz CT molecular complexity index is 761. The van der Waals surface area contributed by atoms with Crippen molar-refractivity contribution < 1.29 is 19.1 Å². The summed E-state index contributed by atoms with van der Waals surface area (Å²) < 4.78 is 5.37. The van der Waals surface area contributed by atoms with Crippen molar-refractivity contribution in [2.75, 3.05) is 26.3 Å². The van der Waals surface area contributed by atoms with Crippen LogP contribution in [0.5, 0.6) is 0 Å². The van der Waals surface area contributed by atoms with Crippen LogP contribution in [0.25, 0.3) is 0 Å². The van der Waals surface area contributed by atoms with Gasteiger partial charge < -0.3 is 9.64 Å². The van der Waals surface area contributed by atoms with Gasteiger partial charge in [0.1, 0.15) is 6.04 Å². The average molecular weight is 382 g/mol. The highest BCUT2D eigenvalue weighted by Gasteiger charge is 2.62. The molecule has 0 radical (unpaired) electrons. The van der Waals surface area contributed by atoms with Gasteiger partial charge in [-0.05, 0) is 36.7 Å². The molecule has 0 aromatic heterocycles. The van der Waals surface area contributed by atoms with Crippen LogP contribution in [0.2, 0.25) is 0 Å². The van der Waals surface area contributed by atoms with Gasteiger partial charge in [-0.3, -0.25) is 19.3 Å². The Hall–Kier alpha value is -2.21. The molecular formula is C22H26N2O4. The number of benzene rings is 1. The summed E-state index contributed by atoms with van der Waals surface area (Å²) in [5.74, 6) is -0.0701. The van der Waals surface area contributed by atoms with Gasteiger partial charge in [0.25, 0.3) is 0 Å². The van der Waals surface area contributed by atoms with Crippen LogP contribution in [-0.4, -0.2) is 59.9 Å². The third-order valence-corrected chi connectivity index (χ3v) is 7.15. The zero-order valence-electron chi connectivity index (χ0n) is 16.0. The standard InChI is InChI=1S/C22H26N2O4/c25-20(23-8-10-28-11-9-23)17(12-14-4-2-1-3-5-14)24-21(26)18-15-6-7-16(13-15)19(18)22(24)27/h1-5,15-19H,6-13H2/t15-,16+,17-,18-,19+/m0/s1. The molecule has 5 atom stereocenters. The number of carbonyl (C=O) groups excluding carboxylic acids is 3. The van der Waals surface area contributed by atoms with Gasteiger partial charge in [-0.1, -0.05) is 30.3 Å². The summed E-state index contributed by atoms with van der Waals surface area (Å²) in [5.41, 5.74) is 0.967. The Morgan fingerprint density at radius 3 is 2.21 bits per heavy atom. The number of hydrogen-bond donors (Lipinski definition) is 0. The molecule has 2 saturated heterocycles. The molecular weight excluding hydrogens is 356 g/mol. The van der Waals surface area contributed by atoms with Crippen LogP contribution < -0.4 is 0 Å². The Balaban J connectivity index is 1.46. The predicted molar refractivity (Wildman–Crippen MR) is 101 cm³/mol. The van der Waals surface area contributed by atoms with Gasteiger partial charge in [0, 0.05) is 19.5 Å². The van der Waals surface area contributed by atoms with E-state index >= 15 is 0 Å². The number of fused-ring (bicyclic) bond motifs is 5. The van der Waals surface area contributed by atoms with Gasteiger partial charge in [0.15, 0.2) is 0 Å². The number of likely N-dealkylation sites (tertiary alicyclic amines) is 1. The fourth-order valence-corrected chi connectivity index (χ4v) is 5.86. The molecule has 28 heavy (non-hydrogen) atoms. The maximum absolute atomic E-state index is 13.4. The summed E-state index contributed by atoms with van der Waals surface area (Å²) in [4.78, 5) is 43.1. The van der Waals surface area contributed by atoms with Gasteiger partial charge in [-0.15, -0.1) is 0 Å². The fraction of sp³-hybridized carbons (Fsp3) is 0.591. The van der Waals surface area contributed by atoms with Crippen molar-refractivity contribution in [3.63, 3.8) is 0 Å². The molecule has 2 saturated carbocycles. The van der Waals surface area contributed by atoms with Crippen molar-refractivity contribution >= 4 is 17.7 Å². The second-order valence-electron chi connectivity index (χ2n) is 8.57. The summed E-state index contributed by atoms with van der Waals surface area (Å²) in [6.07, 6.45) is 3.46. The van der Waals surface area contributed by atoms with E-state index in [1.165, 1.54) is 4.90 Å². The van der Waals surface area contributed by atoms with Crippen LogP contribution in [0.4, 0.5) is 0 Å². The summed E-state index contributed by atoms with van der Waals surface area (Å²) in [5, 5.41) is 0. The quantitative estimate of drug-likeness (QED) is 0.740. The van der Waals surface area contributed by atoms with Gasteiger partial charge in [0.05, 0.1) is 25.0 Å². The average Bonchev–Trinajstić information content (AvgIpc) is 3.41. The van der Waals surface area contributed by atoms with Crippen molar-refractivity contribution in [2.24, 2.45) is 23.7 Å². The topological polar surface area (TPSA) is 66.9 Å². The lowest BCUT2D eigenvalue weighted by atomic mass is 9.81.